The standard InChI is InChI=1S/C2H7NO.Pt/c3-1-2-4;/h4H,1-3H2;/q;+4. The van der Waals surface area contributed by atoms with E-state index in [-0.39, 0.29) is 27.7 Å². The number of nitrogens with two attached hydrogens (primary N) is 1. The summed E-state index contributed by atoms with van der Waals surface area (Å²) < 4.78 is 0. The largest absolute Gasteiger partial charge is 4.00 e. The van der Waals surface area contributed by atoms with Crippen LogP contribution in [0, 0.1) is 0 Å². The van der Waals surface area contributed by atoms with Gasteiger partial charge >= 0.3 is 21.1 Å². The van der Waals surface area contributed by atoms with E-state index in [1.54, 1.807) is 0 Å². The van der Waals surface area contributed by atoms with Gasteiger partial charge in [-0.25, -0.2) is 0 Å². The Labute approximate surface area is 45.6 Å². The zero-order valence-corrected chi connectivity index (χ0v) is 5.03. The Morgan fingerprint density at radius 3 is 1.80 bits per heavy atom. The van der Waals surface area contributed by atoms with Gasteiger partial charge in [0.1, 0.15) is 0 Å². The minimum atomic E-state index is 0. The normalized spacial score (nSPS) is 6.00. The van der Waals surface area contributed by atoms with Crippen molar-refractivity contribution in [1.82, 2.24) is 0 Å². The molecule has 3 N–H and O–H groups in total. The summed E-state index contributed by atoms with van der Waals surface area (Å²) >= 11 is 0. The molecule has 0 rings (SSSR count). The van der Waals surface area contributed by atoms with Gasteiger partial charge in [-0.3, -0.25) is 0 Å². The quantitative estimate of drug-likeness (QED) is 0.628. The molecule has 0 bridgehead atoms. The molecule has 32 valence electrons. The Balaban J connectivity index is 0. The van der Waals surface area contributed by atoms with E-state index in [4.69, 9.17) is 10.8 Å². The molecule has 0 aliphatic rings. The maximum atomic E-state index is 7.75. The second-order valence-corrected chi connectivity index (χ2v) is 0.512. The summed E-state index contributed by atoms with van der Waals surface area (Å²) in [7, 11) is 0. The summed E-state index contributed by atoms with van der Waals surface area (Å²) in [6, 6.07) is 0. The van der Waals surface area contributed by atoms with Crippen LogP contribution in [0.25, 0.3) is 0 Å². The van der Waals surface area contributed by atoms with Gasteiger partial charge in [-0.15, -0.1) is 0 Å². The zero-order valence-electron chi connectivity index (χ0n) is 2.76. The molecule has 5 heavy (non-hydrogen) atoms. The maximum absolute atomic E-state index is 7.75. The predicted molar refractivity (Wildman–Crippen MR) is 16.1 cm³/mol. The van der Waals surface area contributed by atoms with Gasteiger partial charge in [0.25, 0.3) is 0 Å². The first-order valence-corrected chi connectivity index (χ1v) is 1.22. The van der Waals surface area contributed by atoms with Crippen molar-refractivity contribution < 1.29 is 26.2 Å². The first kappa shape index (κ1) is 9.15. The Bertz CT molecular complexity index is 11.6. The average Bonchev–Trinajstić information content (AvgIpc) is 1.37. The molecule has 0 radical (unpaired) electrons. The molecule has 2 nitrogen and oxygen atoms in total. The molecule has 0 aliphatic carbocycles. The van der Waals surface area contributed by atoms with Crippen LogP contribution in [-0.2, 0) is 21.1 Å². The number of aliphatic hydroxyl groups is 1. The minimum absolute atomic E-state index is 0. The summed E-state index contributed by atoms with van der Waals surface area (Å²) in [5.41, 5.74) is 4.78. The molecule has 0 amide bonds. The molecule has 0 aromatic carbocycles. The van der Waals surface area contributed by atoms with E-state index in [1.165, 1.54) is 0 Å². The van der Waals surface area contributed by atoms with Gasteiger partial charge in [0.05, 0.1) is 6.61 Å². The molecule has 0 aromatic heterocycles. The van der Waals surface area contributed by atoms with E-state index in [0.717, 1.165) is 0 Å². The molecule has 0 aliphatic heterocycles. The fourth-order valence-corrected chi connectivity index (χ4v) is 0. The Morgan fingerprint density at radius 2 is 1.80 bits per heavy atom. The predicted octanol–water partition coefficient (Wildman–Crippen LogP) is -1.07. The molecule has 0 fully saturated rings. The van der Waals surface area contributed by atoms with Crippen LogP contribution in [0.15, 0.2) is 0 Å². The monoisotopic (exact) mass is 256 g/mol. The van der Waals surface area contributed by atoms with Crippen molar-refractivity contribution in [3.05, 3.63) is 0 Å². The number of rotatable bonds is 1. The van der Waals surface area contributed by atoms with Gasteiger partial charge in [0, 0.05) is 6.54 Å². The second kappa shape index (κ2) is 8.82. The van der Waals surface area contributed by atoms with Gasteiger partial charge in [0.15, 0.2) is 0 Å². The third kappa shape index (κ3) is 12.1. The van der Waals surface area contributed by atoms with Crippen LogP contribution in [0.1, 0.15) is 0 Å². The van der Waals surface area contributed by atoms with E-state index < -0.39 is 0 Å². The van der Waals surface area contributed by atoms with E-state index in [9.17, 15) is 0 Å². The van der Waals surface area contributed by atoms with Gasteiger partial charge in [-0.2, -0.15) is 0 Å². The van der Waals surface area contributed by atoms with Crippen LogP contribution in [-0.4, -0.2) is 18.3 Å². The number of hydrogen-bond donors (Lipinski definition) is 2. The van der Waals surface area contributed by atoms with Crippen LogP contribution in [0.5, 0.6) is 0 Å². The zero-order chi connectivity index (χ0) is 3.41. The third-order valence-electron chi connectivity index (χ3n) is 0.129. The summed E-state index contributed by atoms with van der Waals surface area (Å²) in [5.74, 6) is 0. The van der Waals surface area contributed by atoms with Crippen LogP contribution < -0.4 is 5.73 Å². The molecule has 0 saturated carbocycles. The van der Waals surface area contributed by atoms with Crippen molar-refractivity contribution >= 4 is 0 Å². The van der Waals surface area contributed by atoms with Crippen LogP contribution in [0.4, 0.5) is 0 Å². The summed E-state index contributed by atoms with van der Waals surface area (Å²) in [5, 5.41) is 7.75. The van der Waals surface area contributed by atoms with Crippen molar-refractivity contribution in [2.24, 2.45) is 5.73 Å². The smallest absolute Gasteiger partial charge is 0.395 e. The maximum Gasteiger partial charge on any atom is 4.00 e. The SMILES string of the molecule is NCCO.[Pt+4]. The number of aliphatic hydroxyl groups excluding tert-OH is 1. The van der Waals surface area contributed by atoms with Gasteiger partial charge in [-0.1, -0.05) is 0 Å². The first-order chi connectivity index (χ1) is 1.91. The van der Waals surface area contributed by atoms with Crippen molar-refractivity contribution in [3.63, 3.8) is 0 Å². The molecular weight excluding hydrogens is 249 g/mol. The molecule has 0 saturated heterocycles. The Kier molecular flexibility index (Phi) is 16.1. The second-order valence-electron chi connectivity index (χ2n) is 0.512. The van der Waals surface area contributed by atoms with Crippen molar-refractivity contribution in [2.75, 3.05) is 13.2 Å². The van der Waals surface area contributed by atoms with E-state index >= 15 is 0 Å². The molecule has 0 atom stereocenters. The van der Waals surface area contributed by atoms with E-state index in [1.807, 2.05) is 0 Å². The molecular formula is C2H7NOPt+4. The van der Waals surface area contributed by atoms with Gasteiger partial charge in [0.2, 0.25) is 0 Å². The first-order valence-electron chi connectivity index (χ1n) is 1.22. The molecule has 3 heteroatoms. The number of hydrogen-bond acceptors (Lipinski definition) is 2. The van der Waals surface area contributed by atoms with Gasteiger partial charge in [-0.05, 0) is 0 Å². The topological polar surface area (TPSA) is 46.2 Å². The summed E-state index contributed by atoms with van der Waals surface area (Å²) in [6.45, 7) is 0.472. The van der Waals surface area contributed by atoms with Crippen molar-refractivity contribution in [2.45, 2.75) is 0 Å². The van der Waals surface area contributed by atoms with Crippen LogP contribution in [0.2, 0.25) is 0 Å². The third-order valence-corrected chi connectivity index (χ3v) is 0.129. The van der Waals surface area contributed by atoms with Crippen molar-refractivity contribution in [1.29, 1.82) is 0 Å². The average molecular weight is 256 g/mol. The summed E-state index contributed by atoms with van der Waals surface area (Å²) in [6.07, 6.45) is 0. The Hall–Kier alpha value is 0.608. The fraction of sp³-hybridized carbons (Fsp3) is 1.00. The van der Waals surface area contributed by atoms with E-state index in [0.29, 0.717) is 6.54 Å². The minimum Gasteiger partial charge on any atom is -0.395 e. The molecule has 0 aromatic rings. The van der Waals surface area contributed by atoms with Crippen LogP contribution in [0.3, 0.4) is 0 Å². The van der Waals surface area contributed by atoms with E-state index in [2.05, 4.69) is 0 Å². The van der Waals surface area contributed by atoms with Gasteiger partial charge < -0.3 is 10.8 Å². The fourth-order valence-electron chi connectivity index (χ4n) is 0. The Morgan fingerprint density at radius 1 is 1.60 bits per heavy atom. The van der Waals surface area contributed by atoms with Crippen molar-refractivity contribution in [3.8, 4) is 0 Å². The molecule has 0 heterocycles. The van der Waals surface area contributed by atoms with Crippen LogP contribution >= 0.6 is 0 Å². The molecule has 0 unspecified atom stereocenters. The molecule has 0 spiro atoms. The summed E-state index contributed by atoms with van der Waals surface area (Å²) in [4.78, 5) is 0.